The maximum absolute atomic E-state index is 11.9. The van der Waals surface area contributed by atoms with Gasteiger partial charge in [-0.2, -0.15) is 0 Å². The van der Waals surface area contributed by atoms with Gasteiger partial charge in [0.15, 0.2) is 5.58 Å². The maximum atomic E-state index is 11.9. The number of oxazole rings is 1. The molecule has 6 nitrogen and oxygen atoms in total. The molecule has 1 heterocycles. The molecule has 0 aliphatic heterocycles. The van der Waals surface area contributed by atoms with Gasteiger partial charge in [-0.05, 0) is 18.2 Å². The summed E-state index contributed by atoms with van der Waals surface area (Å²) >= 11 is 0. The summed E-state index contributed by atoms with van der Waals surface area (Å²) in [7, 11) is 0.111. The molecule has 0 saturated carbocycles. The van der Waals surface area contributed by atoms with Crippen molar-refractivity contribution in [1.29, 1.82) is 0 Å². The van der Waals surface area contributed by atoms with E-state index in [9.17, 15) is 9.00 Å². The SMILES string of the molecule is CNC(=O)CCS(=O)c1nc2cc(N)ccc2o1. The molecule has 0 spiro atoms. The predicted molar refractivity (Wildman–Crippen MR) is 68.4 cm³/mol. The van der Waals surface area contributed by atoms with Gasteiger partial charge in [-0.1, -0.05) is 0 Å². The zero-order valence-electron chi connectivity index (χ0n) is 9.80. The lowest BCUT2D eigenvalue weighted by atomic mass is 10.3. The van der Waals surface area contributed by atoms with Crippen molar-refractivity contribution in [2.45, 2.75) is 11.6 Å². The molecule has 96 valence electrons. The standard InChI is InChI=1S/C11H13N3O3S/c1-13-10(15)4-5-18(16)11-14-8-6-7(12)2-3-9(8)17-11/h2-3,6H,4-5,12H2,1H3,(H,13,15). The molecule has 0 fully saturated rings. The van der Waals surface area contributed by atoms with Gasteiger partial charge in [0.1, 0.15) is 16.3 Å². The normalized spacial score (nSPS) is 12.5. The van der Waals surface area contributed by atoms with Gasteiger partial charge in [0, 0.05) is 24.9 Å². The first-order chi connectivity index (χ1) is 8.60. The number of fused-ring (bicyclic) bond motifs is 1. The van der Waals surface area contributed by atoms with Crippen LogP contribution in [0.25, 0.3) is 11.1 Å². The highest BCUT2D eigenvalue weighted by atomic mass is 32.2. The topological polar surface area (TPSA) is 98.2 Å². The number of amides is 1. The average Bonchev–Trinajstić information content (AvgIpc) is 2.78. The largest absolute Gasteiger partial charge is 0.430 e. The van der Waals surface area contributed by atoms with Gasteiger partial charge in [0.2, 0.25) is 5.91 Å². The molecular weight excluding hydrogens is 254 g/mol. The van der Waals surface area contributed by atoms with E-state index < -0.39 is 10.8 Å². The smallest absolute Gasteiger partial charge is 0.287 e. The van der Waals surface area contributed by atoms with Crippen LogP contribution in [0.15, 0.2) is 27.8 Å². The van der Waals surface area contributed by atoms with Crippen molar-refractivity contribution in [3.05, 3.63) is 18.2 Å². The quantitative estimate of drug-likeness (QED) is 0.793. The Balaban J connectivity index is 2.15. The lowest BCUT2D eigenvalue weighted by molar-refractivity contribution is -0.120. The van der Waals surface area contributed by atoms with Crippen LogP contribution >= 0.6 is 0 Å². The van der Waals surface area contributed by atoms with E-state index in [0.29, 0.717) is 16.8 Å². The molecule has 0 aliphatic rings. The van der Waals surface area contributed by atoms with Crippen molar-refractivity contribution in [3.63, 3.8) is 0 Å². The third-order valence-corrected chi connectivity index (χ3v) is 3.52. The summed E-state index contributed by atoms with van der Waals surface area (Å²) in [6.45, 7) is 0. The van der Waals surface area contributed by atoms with Gasteiger partial charge >= 0.3 is 0 Å². The van der Waals surface area contributed by atoms with Crippen molar-refractivity contribution in [3.8, 4) is 0 Å². The van der Waals surface area contributed by atoms with Crippen LogP contribution in [0, 0.1) is 0 Å². The molecule has 2 rings (SSSR count). The molecule has 0 aliphatic carbocycles. The Kier molecular flexibility index (Phi) is 3.61. The number of nitrogens with one attached hydrogen (secondary N) is 1. The summed E-state index contributed by atoms with van der Waals surface area (Å²) in [6, 6.07) is 5.01. The molecule has 7 heteroatoms. The van der Waals surface area contributed by atoms with Crippen molar-refractivity contribution < 1.29 is 13.4 Å². The number of nitrogens with zero attached hydrogens (tertiary/aromatic N) is 1. The van der Waals surface area contributed by atoms with Gasteiger partial charge in [0.05, 0.1) is 0 Å². The Morgan fingerprint density at radius 1 is 1.56 bits per heavy atom. The molecule has 0 bridgehead atoms. The van der Waals surface area contributed by atoms with Crippen molar-refractivity contribution in [2.24, 2.45) is 0 Å². The van der Waals surface area contributed by atoms with Crippen molar-refractivity contribution in [1.82, 2.24) is 10.3 Å². The summed E-state index contributed by atoms with van der Waals surface area (Å²) in [5, 5.41) is 2.59. The van der Waals surface area contributed by atoms with Gasteiger partial charge < -0.3 is 15.5 Å². The number of rotatable bonds is 4. The number of nitrogens with two attached hydrogens (primary N) is 1. The number of carbonyl (C=O) groups is 1. The maximum Gasteiger partial charge on any atom is 0.287 e. The molecule has 1 aromatic heterocycles. The Morgan fingerprint density at radius 2 is 2.33 bits per heavy atom. The van der Waals surface area contributed by atoms with E-state index in [4.69, 9.17) is 10.2 Å². The average molecular weight is 267 g/mol. The summed E-state index contributed by atoms with van der Waals surface area (Å²) in [5.74, 6) is 0.0193. The summed E-state index contributed by atoms with van der Waals surface area (Å²) in [6.07, 6.45) is 0.171. The van der Waals surface area contributed by atoms with Gasteiger partial charge in [-0.3, -0.25) is 4.79 Å². The highest BCUT2D eigenvalue weighted by Gasteiger charge is 2.14. The molecule has 0 radical (unpaired) electrons. The fraction of sp³-hybridized carbons (Fsp3) is 0.273. The first-order valence-electron chi connectivity index (χ1n) is 5.35. The molecule has 3 N–H and O–H groups in total. The van der Waals surface area contributed by atoms with Crippen LogP contribution in [0.5, 0.6) is 0 Å². The fourth-order valence-electron chi connectivity index (χ4n) is 1.42. The van der Waals surface area contributed by atoms with E-state index in [1.807, 2.05) is 0 Å². The van der Waals surface area contributed by atoms with E-state index in [2.05, 4.69) is 10.3 Å². The Hall–Kier alpha value is -1.89. The zero-order valence-corrected chi connectivity index (χ0v) is 10.6. The highest BCUT2D eigenvalue weighted by Crippen LogP contribution is 2.20. The minimum absolute atomic E-state index is 0.125. The molecule has 1 atom stereocenters. The van der Waals surface area contributed by atoms with Crippen molar-refractivity contribution >= 4 is 33.5 Å². The first kappa shape index (κ1) is 12.6. The van der Waals surface area contributed by atoms with E-state index in [0.717, 1.165) is 0 Å². The fourth-order valence-corrected chi connectivity index (χ4v) is 2.35. The number of aromatic nitrogens is 1. The Labute approximate surface area is 106 Å². The molecule has 18 heavy (non-hydrogen) atoms. The monoisotopic (exact) mass is 267 g/mol. The molecule has 0 saturated heterocycles. The number of hydrogen-bond donors (Lipinski definition) is 2. The number of anilines is 1. The third-order valence-electron chi connectivity index (χ3n) is 2.38. The minimum Gasteiger partial charge on any atom is -0.430 e. The van der Waals surface area contributed by atoms with E-state index in [-0.39, 0.29) is 23.3 Å². The first-order valence-corrected chi connectivity index (χ1v) is 6.67. The second kappa shape index (κ2) is 5.18. The highest BCUT2D eigenvalue weighted by molar-refractivity contribution is 7.84. The number of benzene rings is 1. The van der Waals surface area contributed by atoms with Crippen LogP contribution in [-0.4, -0.2) is 27.9 Å². The van der Waals surface area contributed by atoms with Crippen LogP contribution in [-0.2, 0) is 15.6 Å². The zero-order chi connectivity index (χ0) is 13.1. The van der Waals surface area contributed by atoms with Crippen LogP contribution < -0.4 is 11.1 Å². The second-order valence-electron chi connectivity index (χ2n) is 3.68. The minimum atomic E-state index is -1.42. The molecule has 2 aromatic rings. The van der Waals surface area contributed by atoms with Gasteiger partial charge in [0.25, 0.3) is 5.22 Å². The van der Waals surface area contributed by atoms with Crippen LogP contribution in [0.4, 0.5) is 5.69 Å². The molecule has 1 amide bonds. The van der Waals surface area contributed by atoms with Crippen molar-refractivity contribution in [2.75, 3.05) is 18.5 Å². The number of carbonyl (C=O) groups excluding carboxylic acids is 1. The number of hydrogen-bond acceptors (Lipinski definition) is 5. The molecule has 1 unspecified atom stereocenters. The lowest BCUT2D eigenvalue weighted by Crippen LogP contribution is -2.19. The summed E-state index contributed by atoms with van der Waals surface area (Å²) in [5.41, 5.74) is 7.29. The summed E-state index contributed by atoms with van der Waals surface area (Å²) < 4.78 is 17.2. The second-order valence-corrected chi connectivity index (χ2v) is 5.13. The van der Waals surface area contributed by atoms with Gasteiger partial charge in [-0.15, -0.1) is 0 Å². The Morgan fingerprint density at radius 3 is 3.06 bits per heavy atom. The van der Waals surface area contributed by atoms with Gasteiger partial charge in [-0.25, -0.2) is 9.19 Å². The van der Waals surface area contributed by atoms with E-state index in [1.165, 1.54) is 7.05 Å². The van der Waals surface area contributed by atoms with E-state index >= 15 is 0 Å². The lowest BCUT2D eigenvalue weighted by Gasteiger charge is -1.97. The number of nitrogen functional groups attached to an aromatic ring is 1. The van der Waals surface area contributed by atoms with Crippen LogP contribution in [0.3, 0.4) is 0 Å². The van der Waals surface area contributed by atoms with Crippen LogP contribution in [0.2, 0.25) is 0 Å². The van der Waals surface area contributed by atoms with E-state index in [1.54, 1.807) is 18.2 Å². The molecular formula is C11H13N3O3S. The third kappa shape index (κ3) is 2.67. The Bertz CT molecular complexity index is 609. The molecule has 1 aromatic carbocycles. The van der Waals surface area contributed by atoms with Crippen LogP contribution in [0.1, 0.15) is 6.42 Å². The summed E-state index contributed by atoms with van der Waals surface area (Å²) in [4.78, 5) is 15.1. The predicted octanol–water partition coefficient (Wildman–Crippen LogP) is 0.654.